The van der Waals surface area contributed by atoms with Crippen molar-refractivity contribution in [3.63, 3.8) is 0 Å². The van der Waals surface area contributed by atoms with Crippen molar-refractivity contribution in [2.45, 2.75) is 20.8 Å². The van der Waals surface area contributed by atoms with Crippen LogP contribution in [-0.2, 0) is 4.57 Å². The molecule has 5 heteroatoms. The Bertz CT molecular complexity index is 674. The van der Waals surface area contributed by atoms with Gasteiger partial charge in [-0.1, -0.05) is 36.4 Å². The molecule has 0 spiro atoms. The molecule has 0 aromatic heterocycles. The Balaban J connectivity index is 2.65. The van der Waals surface area contributed by atoms with Crippen molar-refractivity contribution < 1.29 is 18.9 Å². The summed E-state index contributed by atoms with van der Waals surface area (Å²) in [4.78, 5) is 18.1. The van der Waals surface area contributed by atoms with Crippen LogP contribution in [-0.4, -0.2) is 9.79 Å². The second-order valence-corrected chi connectivity index (χ2v) is 5.95. The fraction of sp³-hybridized carbons (Fsp3) is 0.200. The smallest absolute Gasteiger partial charge is 0.404 e. The number of hydrogen-bond acceptors (Lipinski definition) is 2. The molecule has 2 aromatic carbocycles. The molecule has 0 unspecified atom stereocenters. The van der Waals surface area contributed by atoms with Crippen molar-refractivity contribution in [3.8, 4) is 16.9 Å². The summed E-state index contributed by atoms with van der Waals surface area (Å²) in [6, 6.07) is 11.6. The van der Waals surface area contributed by atoms with Gasteiger partial charge < -0.3 is 4.52 Å². The fourth-order valence-electron chi connectivity index (χ4n) is 2.48. The summed E-state index contributed by atoms with van der Waals surface area (Å²) in [5, 5.41) is 0. The minimum absolute atomic E-state index is 0.253. The molecule has 2 aromatic rings. The van der Waals surface area contributed by atoms with Gasteiger partial charge in [0, 0.05) is 5.56 Å². The van der Waals surface area contributed by atoms with Crippen LogP contribution in [0.25, 0.3) is 11.1 Å². The Labute approximate surface area is 118 Å². The van der Waals surface area contributed by atoms with Gasteiger partial charge in [0.2, 0.25) is 0 Å². The van der Waals surface area contributed by atoms with Gasteiger partial charge in [0.15, 0.2) is 0 Å². The van der Waals surface area contributed by atoms with Crippen LogP contribution in [0.4, 0.5) is 0 Å². The van der Waals surface area contributed by atoms with Gasteiger partial charge in [-0.15, -0.1) is 0 Å². The van der Waals surface area contributed by atoms with Crippen LogP contribution in [0, 0.1) is 20.8 Å². The summed E-state index contributed by atoms with van der Waals surface area (Å²) in [5.74, 6) is 0.253. The molecule has 4 nitrogen and oxygen atoms in total. The number of benzene rings is 2. The van der Waals surface area contributed by atoms with E-state index < -0.39 is 7.82 Å². The molecule has 0 aliphatic carbocycles. The summed E-state index contributed by atoms with van der Waals surface area (Å²) >= 11 is 0. The van der Waals surface area contributed by atoms with E-state index >= 15 is 0 Å². The molecule has 0 saturated heterocycles. The molecule has 0 aliphatic rings. The summed E-state index contributed by atoms with van der Waals surface area (Å²) in [7, 11) is -4.57. The monoisotopic (exact) mass is 292 g/mol. The van der Waals surface area contributed by atoms with Crippen molar-refractivity contribution in [3.05, 3.63) is 53.1 Å². The molecule has 0 saturated carbocycles. The molecule has 0 amide bonds. The van der Waals surface area contributed by atoms with Gasteiger partial charge in [-0.3, -0.25) is 9.79 Å². The van der Waals surface area contributed by atoms with E-state index in [0.717, 1.165) is 22.3 Å². The molecular formula is C15H17O4P. The van der Waals surface area contributed by atoms with Crippen molar-refractivity contribution >= 4 is 7.82 Å². The average molecular weight is 292 g/mol. The van der Waals surface area contributed by atoms with Gasteiger partial charge in [0.1, 0.15) is 5.75 Å². The predicted molar refractivity (Wildman–Crippen MR) is 78.8 cm³/mol. The standard InChI is InChI=1S/C15H17O4P/c1-10-9-11(2)15(19-20(16,17)18)12(3)14(10)13-7-5-4-6-8-13/h4-9H,1-3H3,(H2,16,17,18). The maximum atomic E-state index is 11.1. The second kappa shape index (κ2) is 5.41. The zero-order chi connectivity index (χ0) is 14.9. The molecule has 20 heavy (non-hydrogen) atoms. The molecule has 0 heterocycles. The van der Waals surface area contributed by atoms with Gasteiger partial charge in [0.05, 0.1) is 0 Å². The zero-order valence-electron chi connectivity index (χ0n) is 11.6. The second-order valence-electron chi connectivity index (χ2n) is 4.79. The minimum atomic E-state index is -4.57. The Hall–Kier alpha value is -1.61. The summed E-state index contributed by atoms with van der Waals surface area (Å²) in [6.07, 6.45) is 0. The first-order valence-corrected chi connectivity index (χ1v) is 7.74. The van der Waals surface area contributed by atoms with Gasteiger partial charge in [0.25, 0.3) is 0 Å². The van der Waals surface area contributed by atoms with Crippen LogP contribution in [0.3, 0.4) is 0 Å². The molecule has 2 N–H and O–H groups in total. The number of aryl methyl sites for hydroxylation is 2. The lowest BCUT2D eigenvalue weighted by atomic mass is 9.93. The third-order valence-corrected chi connectivity index (χ3v) is 3.59. The highest BCUT2D eigenvalue weighted by molar-refractivity contribution is 7.46. The Morgan fingerprint density at radius 2 is 1.60 bits per heavy atom. The lowest BCUT2D eigenvalue weighted by Gasteiger charge is -2.18. The van der Waals surface area contributed by atoms with E-state index in [1.54, 1.807) is 6.92 Å². The number of rotatable bonds is 3. The molecule has 2 rings (SSSR count). The molecule has 106 valence electrons. The molecule has 0 atom stereocenters. The zero-order valence-corrected chi connectivity index (χ0v) is 12.5. The maximum Gasteiger partial charge on any atom is 0.524 e. The SMILES string of the molecule is Cc1cc(C)c(-c2ccccc2)c(C)c1OP(=O)(O)O. The van der Waals surface area contributed by atoms with E-state index in [9.17, 15) is 4.57 Å². The van der Waals surface area contributed by atoms with Crippen molar-refractivity contribution in [2.24, 2.45) is 0 Å². The van der Waals surface area contributed by atoms with Crippen molar-refractivity contribution in [2.75, 3.05) is 0 Å². The Morgan fingerprint density at radius 3 is 2.15 bits per heavy atom. The van der Waals surface area contributed by atoms with E-state index in [0.29, 0.717) is 5.56 Å². The van der Waals surface area contributed by atoms with Crippen LogP contribution in [0.2, 0.25) is 0 Å². The third kappa shape index (κ3) is 3.10. The van der Waals surface area contributed by atoms with Gasteiger partial charge in [-0.2, -0.15) is 0 Å². The van der Waals surface area contributed by atoms with Gasteiger partial charge in [-0.25, -0.2) is 4.57 Å². The maximum absolute atomic E-state index is 11.1. The molecule has 0 fully saturated rings. The van der Waals surface area contributed by atoms with Crippen LogP contribution in [0.1, 0.15) is 16.7 Å². The Morgan fingerprint density at radius 1 is 1.00 bits per heavy atom. The van der Waals surface area contributed by atoms with E-state index in [4.69, 9.17) is 14.3 Å². The van der Waals surface area contributed by atoms with Gasteiger partial charge in [-0.05, 0) is 43.0 Å². The van der Waals surface area contributed by atoms with Crippen LogP contribution < -0.4 is 4.52 Å². The summed E-state index contributed by atoms with van der Waals surface area (Å²) in [5.41, 5.74) is 4.43. The van der Waals surface area contributed by atoms with E-state index in [2.05, 4.69) is 0 Å². The average Bonchev–Trinajstić information content (AvgIpc) is 2.34. The first kappa shape index (κ1) is 14.8. The van der Waals surface area contributed by atoms with E-state index in [1.807, 2.05) is 50.2 Å². The molecular weight excluding hydrogens is 275 g/mol. The topological polar surface area (TPSA) is 66.8 Å². The highest BCUT2D eigenvalue weighted by Gasteiger charge is 2.21. The molecule has 0 radical (unpaired) electrons. The summed E-state index contributed by atoms with van der Waals surface area (Å²) in [6.45, 7) is 5.57. The van der Waals surface area contributed by atoms with Crippen molar-refractivity contribution in [1.82, 2.24) is 0 Å². The number of phosphoric ester groups is 1. The quantitative estimate of drug-likeness (QED) is 0.845. The number of phosphoric acid groups is 1. The lowest BCUT2D eigenvalue weighted by molar-refractivity contribution is 0.282. The van der Waals surface area contributed by atoms with E-state index in [1.165, 1.54) is 0 Å². The van der Waals surface area contributed by atoms with Crippen LogP contribution in [0.15, 0.2) is 36.4 Å². The Kier molecular flexibility index (Phi) is 4.00. The summed E-state index contributed by atoms with van der Waals surface area (Å²) < 4.78 is 16.0. The fourth-order valence-corrected chi connectivity index (χ4v) is 2.99. The molecule has 0 bridgehead atoms. The third-order valence-electron chi connectivity index (χ3n) is 3.17. The predicted octanol–water partition coefficient (Wildman–Crippen LogP) is 3.75. The largest absolute Gasteiger partial charge is 0.524 e. The minimum Gasteiger partial charge on any atom is -0.404 e. The normalized spacial score (nSPS) is 11.4. The first-order valence-electron chi connectivity index (χ1n) is 6.21. The van der Waals surface area contributed by atoms with E-state index in [-0.39, 0.29) is 5.75 Å². The van der Waals surface area contributed by atoms with Crippen LogP contribution in [0.5, 0.6) is 5.75 Å². The van der Waals surface area contributed by atoms with Gasteiger partial charge >= 0.3 is 7.82 Å². The highest BCUT2D eigenvalue weighted by atomic mass is 31.2. The highest BCUT2D eigenvalue weighted by Crippen LogP contribution is 2.44. The lowest BCUT2D eigenvalue weighted by Crippen LogP contribution is -1.99. The first-order chi connectivity index (χ1) is 9.29. The molecule has 0 aliphatic heterocycles. The number of hydrogen-bond donors (Lipinski definition) is 2. The van der Waals surface area contributed by atoms with Crippen LogP contribution >= 0.6 is 7.82 Å². The van der Waals surface area contributed by atoms with Crippen molar-refractivity contribution in [1.29, 1.82) is 0 Å².